The third kappa shape index (κ3) is 9.65. The van der Waals surface area contributed by atoms with Crippen LogP contribution in [-0.4, -0.2) is 16.7 Å². The summed E-state index contributed by atoms with van der Waals surface area (Å²) in [7, 11) is 0. The maximum absolute atomic E-state index is 10.2. The number of unbranched alkanes of at least 4 members (excludes halogenated alkanes) is 5. The molecule has 0 heterocycles. The number of carbonyl (C=O) groups is 1. The van der Waals surface area contributed by atoms with Crippen LogP contribution in [0, 0.1) is 0 Å². The molecule has 0 bridgehead atoms. The van der Waals surface area contributed by atoms with E-state index in [9.17, 15) is 4.79 Å². The van der Waals surface area contributed by atoms with Gasteiger partial charge in [-0.05, 0) is 6.42 Å². The second kappa shape index (κ2) is 9.13. The van der Waals surface area contributed by atoms with Crippen LogP contribution in [0.25, 0.3) is 0 Å². The van der Waals surface area contributed by atoms with Gasteiger partial charge in [-0.25, -0.2) is 4.79 Å². The Bertz CT molecular complexity index is 153. The summed E-state index contributed by atoms with van der Waals surface area (Å²) in [5.41, 5.74) is -0.432. The van der Waals surface area contributed by atoms with Gasteiger partial charge in [-0.3, -0.25) is 0 Å². The molecule has 0 rings (SSSR count). The Kier molecular flexibility index (Phi) is 8.84. The number of amides is 1. The molecule has 1 amide bonds. The summed E-state index contributed by atoms with van der Waals surface area (Å²) < 4.78 is 0. The molecule has 0 spiro atoms. The second-order valence-corrected chi connectivity index (χ2v) is 4.00. The standard InChI is InChI=1S/C10H20ClNO2/c1-2-3-4-5-6-7-8-9(11)12-10(13)14/h9,12H,2-8H2,1H3,(H,13,14). The average molecular weight is 222 g/mol. The summed E-state index contributed by atoms with van der Waals surface area (Å²) in [5.74, 6) is 0. The Labute approximate surface area is 90.8 Å². The fourth-order valence-electron chi connectivity index (χ4n) is 1.31. The zero-order valence-corrected chi connectivity index (χ0v) is 9.52. The molecule has 0 aromatic heterocycles. The number of carboxylic acid groups (broad SMARTS) is 1. The Hall–Kier alpha value is -0.440. The van der Waals surface area contributed by atoms with E-state index in [-0.39, 0.29) is 0 Å². The van der Waals surface area contributed by atoms with E-state index in [2.05, 4.69) is 12.2 Å². The quantitative estimate of drug-likeness (QED) is 0.374. The van der Waals surface area contributed by atoms with Crippen LogP contribution in [0.2, 0.25) is 0 Å². The van der Waals surface area contributed by atoms with E-state index in [4.69, 9.17) is 16.7 Å². The van der Waals surface area contributed by atoms with Crippen LogP contribution in [0.5, 0.6) is 0 Å². The number of rotatable bonds is 8. The molecule has 0 saturated carbocycles. The van der Waals surface area contributed by atoms with Gasteiger partial charge < -0.3 is 10.4 Å². The van der Waals surface area contributed by atoms with Crippen molar-refractivity contribution in [1.82, 2.24) is 5.32 Å². The van der Waals surface area contributed by atoms with E-state index in [0.29, 0.717) is 0 Å². The monoisotopic (exact) mass is 221 g/mol. The van der Waals surface area contributed by atoms with E-state index >= 15 is 0 Å². The number of halogens is 1. The van der Waals surface area contributed by atoms with Crippen molar-refractivity contribution in [2.45, 2.75) is 57.4 Å². The first-order valence-electron chi connectivity index (χ1n) is 5.30. The SMILES string of the molecule is CCCCCCCCC(Cl)NC(=O)O. The molecule has 0 aromatic carbocycles. The van der Waals surface area contributed by atoms with E-state index in [0.717, 1.165) is 19.3 Å². The lowest BCUT2D eigenvalue weighted by Crippen LogP contribution is -2.28. The van der Waals surface area contributed by atoms with Gasteiger partial charge in [0.05, 0.1) is 0 Å². The van der Waals surface area contributed by atoms with Gasteiger partial charge in [0.2, 0.25) is 0 Å². The van der Waals surface area contributed by atoms with Crippen LogP contribution >= 0.6 is 11.6 Å². The second-order valence-electron chi connectivity index (χ2n) is 3.47. The van der Waals surface area contributed by atoms with Crippen molar-refractivity contribution in [3.05, 3.63) is 0 Å². The largest absolute Gasteiger partial charge is 0.465 e. The molecule has 3 nitrogen and oxygen atoms in total. The summed E-state index contributed by atoms with van der Waals surface area (Å²) in [4.78, 5) is 10.2. The Morgan fingerprint density at radius 2 is 1.86 bits per heavy atom. The summed E-state index contributed by atoms with van der Waals surface area (Å²) in [6.07, 6.45) is 6.86. The number of nitrogens with one attached hydrogen (secondary N) is 1. The van der Waals surface area contributed by atoms with Gasteiger partial charge in [0.1, 0.15) is 5.50 Å². The van der Waals surface area contributed by atoms with Crippen molar-refractivity contribution in [2.24, 2.45) is 0 Å². The fraction of sp³-hybridized carbons (Fsp3) is 0.900. The molecular formula is C10H20ClNO2. The molecular weight excluding hydrogens is 202 g/mol. The van der Waals surface area contributed by atoms with E-state index < -0.39 is 11.6 Å². The molecule has 0 saturated heterocycles. The topological polar surface area (TPSA) is 49.3 Å². The van der Waals surface area contributed by atoms with Gasteiger partial charge in [-0.15, -0.1) is 0 Å². The van der Waals surface area contributed by atoms with Gasteiger partial charge >= 0.3 is 6.09 Å². The van der Waals surface area contributed by atoms with Crippen molar-refractivity contribution in [3.63, 3.8) is 0 Å². The minimum Gasteiger partial charge on any atom is -0.465 e. The van der Waals surface area contributed by atoms with Crippen molar-refractivity contribution < 1.29 is 9.90 Å². The van der Waals surface area contributed by atoms with E-state index in [1.807, 2.05) is 0 Å². The Balaban J connectivity index is 3.14. The van der Waals surface area contributed by atoms with Gasteiger partial charge in [-0.1, -0.05) is 57.0 Å². The first-order valence-corrected chi connectivity index (χ1v) is 5.74. The average Bonchev–Trinajstić information content (AvgIpc) is 2.10. The normalized spacial score (nSPS) is 12.4. The highest BCUT2D eigenvalue weighted by atomic mass is 35.5. The third-order valence-electron chi connectivity index (χ3n) is 2.09. The van der Waals surface area contributed by atoms with Crippen molar-refractivity contribution in [1.29, 1.82) is 0 Å². The molecule has 0 aliphatic carbocycles. The highest BCUT2D eigenvalue weighted by Crippen LogP contribution is 2.10. The van der Waals surface area contributed by atoms with Crippen LogP contribution in [0.3, 0.4) is 0 Å². The zero-order chi connectivity index (χ0) is 10.8. The number of hydrogen-bond donors (Lipinski definition) is 2. The molecule has 0 aliphatic heterocycles. The molecule has 4 heteroatoms. The highest BCUT2D eigenvalue weighted by molar-refractivity contribution is 6.21. The van der Waals surface area contributed by atoms with Gasteiger partial charge in [0.15, 0.2) is 0 Å². The predicted molar refractivity (Wildman–Crippen MR) is 58.8 cm³/mol. The van der Waals surface area contributed by atoms with Crippen LogP contribution in [0.15, 0.2) is 0 Å². The molecule has 0 aliphatic rings. The maximum Gasteiger partial charge on any atom is 0.405 e. The minimum absolute atomic E-state index is 0.432. The lowest BCUT2D eigenvalue weighted by Gasteiger charge is -2.08. The molecule has 1 unspecified atom stereocenters. The molecule has 0 radical (unpaired) electrons. The van der Waals surface area contributed by atoms with E-state index in [1.54, 1.807) is 0 Å². The van der Waals surface area contributed by atoms with Gasteiger partial charge in [0, 0.05) is 0 Å². The Morgan fingerprint density at radius 3 is 2.43 bits per heavy atom. The van der Waals surface area contributed by atoms with Gasteiger partial charge in [0.25, 0.3) is 0 Å². The summed E-state index contributed by atoms with van der Waals surface area (Å²) in [6.45, 7) is 2.19. The third-order valence-corrected chi connectivity index (χ3v) is 2.42. The van der Waals surface area contributed by atoms with Gasteiger partial charge in [-0.2, -0.15) is 0 Å². The lowest BCUT2D eigenvalue weighted by atomic mass is 10.1. The number of alkyl halides is 1. The summed E-state index contributed by atoms with van der Waals surface area (Å²) in [5, 5.41) is 10.6. The first-order chi connectivity index (χ1) is 6.66. The molecule has 84 valence electrons. The summed E-state index contributed by atoms with van der Waals surface area (Å²) in [6, 6.07) is 0. The molecule has 0 fully saturated rings. The maximum atomic E-state index is 10.2. The molecule has 14 heavy (non-hydrogen) atoms. The molecule has 0 aromatic rings. The van der Waals surface area contributed by atoms with Crippen molar-refractivity contribution in [3.8, 4) is 0 Å². The van der Waals surface area contributed by atoms with Crippen molar-refractivity contribution >= 4 is 17.7 Å². The minimum atomic E-state index is -1.05. The van der Waals surface area contributed by atoms with Crippen LogP contribution in [0.4, 0.5) is 4.79 Å². The molecule has 2 N–H and O–H groups in total. The van der Waals surface area contributed by atoms with Crippen LogP contribution in [-0.2, 0) is 0 Å². The van der Waals surface area contributed by atoms with Crippen LogP contribution < -0.4 is 5.32 Å². The lowest BCUT2D eigenvalue weighted by molar-refractivity contribution is 0.192. The molecule has 1 atom stereocenters. The number of hydrogen-bond acceptors (Lipinski definition) is 1. The predicted octanol–water partition coefficient (Wildman–Crippen LogP) is 3.57. The van der Waals surface area contributed by atoms with Crippen LogP contribution in [0.1, 0.15) is 51.9 Å². The smallest absolute Gasteiger partial charge is 0.405 e. The van der Waals surface area contributed by atoms with Crippen molar-refractivity contribution in [2.75, 3.05) is 0 Å². The highest BCUT2D eigenvalue weighted by Gasteiger charge is 2.05. The zero-order valence-electron chi connectivity index (χ0n) is 8.76. The first kappa shape index (κ1) is 13.6. The summed E-state index contributed by atoms with van der Waals surface area (Å²) >= 11 is 5.72. The Morgan fingerprint density at radius 1 is 1.29 bits per heavy atom. The van der Waals surface area contributed by atoms with E-state index in [1.165, 1.54) is 25.7 Å². The fourth-order valence-corrected chi connectivity index (χ4v) is 1.56.